The van der Waals surface area contributed by atoms with Gasteiger partial charge >= 0.3 is 11.9 Å². The largest absolute Gasteiger partial charge is 0.481 e. The fraction of sp³-hybridized carbons (Fsp3) is 0.353. The van der Waals surface area contributed by atoms with E-state index in [9.17, 15) is 19.8 Å². The van der Waals surface area contributed by atoms with Crippen molar-refractivity contribution in [2.24, 2.45) is 5.92 Å². The fourth-order valence-corrected chi connectivity index (χ4v) is 3.60. The molecule has 0 spiro atoms. The summed E-state index contributed by atoms with van der Waals surface area (Å²) in [6.07, 6.45) is 1.47. The lowest BCUT2D eigenvalue weighted by molar-refractivity contribution is -0.141. The molecular formula is C17H17N3O6. The molecule has 9 nitrogen and oxygen atoms in total. The Morgan fingerprint density at radius 1 is 1.23 bits per heavy atom. The second-order valence-corrected chi connectivity index (χ2v) is 6.43. The van der Waals surface area contributed by atoms with Crippen LogP contribution in [0, 0.1) is 5.92 Å². The Hall–Kier alpha value is -3.07. The van der Waals surface area contributed by atoms with E-state index in [0.717, 1.165) is 5.56 Å². The maximum atomic E-state index is 11.7. The first kappa shape index (κ1) is 16.4. The Morgan fingerprint density at radius 2 is 2.04 bits per heavy atom. The zero-order chi connectivity index (χ0) is 18.3. The summed E-state index contributed by atoms with van der Waals surface area (Å²) >= 11 is 0. The molecule has 2 atom stereocenters. The summed E-state index contributed by atoms with van der Waals surface area (Å²) in [5.74, 6) is -1.49. The third kappa shape index (κ3) is 2.86. The van der Waals surface area contributed by atoms with Crippen molar-refractivity contribution in [1.29, 1.82) is 0 Å². The van der Waals surface area contributed by atoms with Crippen LogP contribution < -0.4 is 9.47 Å². The lowest BCUT2D eigenvalue weighted by Crippen LogP contribution is -2.23. The van der Waals surface area contributed by atoms with Gasteiger partial charge in [-0.1, -0.05) is 6.07 Å². The van der Waals surface area contributed by atoms with Crippen molar-refractivity contribution in [2.45, 2.75) is 12.5 Å². The van der Waals surface area contributed by atoms with Gasteiger partial charge in [0, 0.05) is 31.1 Å². The van der Waals surface area contributed by atoms with E-state index in [4.69, 9.17) is 9.47 Å². The molecule has 4 rings (SSSR count). The maximum absolute atomic E-state index is 11.7. The van der Waals surface area contributed by atoms with Crippen molar-refractivity contribution < 1.29 is 29.3 Å². The van der Waals surface area contributed by atoms with E-state index < -0.39 is 17.9 Å². The van der Waals surface area contributed by atoms with E-state index in [-0.39, 0.29) is 18.4 Å². The summed E-state index contributed by atoms with van der Waals surface area (Å²) in [5, 5.41) is 25.0. The van der Waals surface area contributed by atoms with E-state index in [2.05, 4.69) is 10.2 Å². The van der Waals surface area contributed by atoms with Crippen molar-refractivity contribution in [3.63, 3.8) is 0 Å². The summed E-state index contributed by atoms with van der Waals surface area (Å²) in [7, 11) is 0. The standard InChI is InChI=1S/C17H17N3O6/c21-16(22)12-7-20(5-10-4-18-19-15(10)17(23)24)6-11(12)9-1-2-13-14(3-9)26-8-25-13/h1-4,11-12H,5-8H2,(H,18,19)(H,21,22)(H,23,24)/t11-,12+/m0/s1. The number of hydrogen-bond acceptors (Lipinski definition) is 6. The second kappa shape index (κ2) is 6.34. The van der Waals surface area contributed by atoms with E-state index in [0.29, 0.717) is 36.7 Å². The van der Waals surface area contributed by atoms with Crippen LogP contribution in [0.4, 0.5) is 0 Å². The molecular weight excluding hydrogens is 342 g/mol. The number of aromatic amines is 1. The van der Waals surface area contributed by atoms with E-state index >= 15 is 0 Å². The molecule has 0 saturated carbocycles. The Morgan fingerprint density at radius 3 is 2.81 bits per heavy atom. The SMILES string of the molecule is O=C(O)c1[nH]ncc1CN1C[C@@H](C(=O)O)[C@H](c2ccc3c(c2)OCO3)C1. The Bertz CT molecular complexity index is 864. The van der Waals surface area contributed by atoms with Gasteiger partial charge in [-0.05, 0) is 17.7 Å². The van der Waals surface area contributed by atoms with E-state index in [1.54, 1.807) is 6.07 Å². The molecule has 26 heavy (non-hydrogen) atoms. The van der Waals surface area contributed by atoms with Crippen LogP contribution in [0.1, 0.15) is 27.5 Å². The number of ether oxygens (including phenoxy) is 2. The molecule has 1 aromatic heterocycles. The van der Waals surface area contributed by atoms with Gasteiger partial charge in [-0.3, -0.25) is 14.8 Å². The minimum atomic E-state index is -1.08. The predicted octanol–water partition coefficient (Wildman–Crippen LogP) is 1.14. The summed E-state index contributed by atoms with van der Waals surface area (Å²) in [6, 6.07) is 5.48. The number of nitrogens with zero attached hydrogens (tertiary/aromatic N) is 2. The molecule has 3 heterocycles. The molecule has 0 bridgehead atoms. The Kier molecular flexibility index (Phi) is 4.00. The number of aromatic carboxylic acids is 1. The number of H-pyrrole nitrogens is 1. The first-order valence-corrected chi connectivity index (χ1v) is 8.13. The molecule has 0 unspecified atom stereocenters. The van der Waals surface area contributed by atoms with Crippen LogP contribution in [0.2, 0.25) is 0 Å². The summed E-state index contributed by atoms with van der Waals surface area (Å²) < 4.78 is 10.7. The molecule has 3 N–H and O–H groups in total. The van der Waals surface area contributed by atoms with Crippen LogP contribution in [0.25, 0.3) is 0 Å². The number of carbonyl (C=O) groups is 2. The average Bonchev–Trinajstić information content (AvgIpc) is 3.33. The van der Waals surface area contributed by atoms with Gasteiger partial charge in [-0.2, -0.15) is 5.10 Å². The number of rotatable bonds is 5. The lowest BCUT2D eigenvalue weighted by Gasteiger charge is -2.16. The normalized spacial score (nSPS) is 21.8. The molecule has 1 aromatic carbocycles. The number of carboxylic acids is 2. The van der Waals surface area contributed by atoms with Crippen LogP contribution in [0.15, 0.2) is 24.4 Å². The predicted molar refractivity (Wildman–Crippen MR) is 87.3 cm³/mol. The van der Waals surface area contributed by atoms with Crippen LogP contribution in [-0.2, 0) is 11.3 Å². The summed E-state index contributed by atoms with van der Waals surface area (Å²) in [4.78, 5) is 24.9. The maximum Gasteiger partial charge on any atom is 0.354 e. The van der Waals surface area contributed by atoms with Crippen molar-refractivity contribution in [1.82, 2.24) is 15.1 Å². The van der Waals surface area contributed by atoms with Crippen LogP contribution in [-0.4, -0.2) is 57.1 Å². The number of fused-ring (bicyclic) bond motifs is 1. The number of nitrogens with one attached hydrogen (secondary N) is 1. The molecule has 1 fully saturated rings. The Labute approximate surface area is 148 Å². The van der Waals surface area contributed by atoms with Gasteiger partial charge in [0.05, 0.1) is 12.1 Å². The minimum absolute atomic E-state index is 0.0309. The van der Waals surface area contributed by atoms with E-state index in [1.165, 1.54) is 6.20 Å². The third-order valence-corrected chi connectivity index (χ3v) is 4.86. The monoisotopic (exact) mass is 359 g/mol. The topological polar surface area (TPSA) is 125 Å². The van der Waals surface area contributed by atoms with Crippen molar-refractivity contribution in [2.75, 3.05) is 19.9 Å². The van der Waals surface area contributed by atoms with Gasteiger partial charge in [0.25, 0.3) is 0 Å². The molecule has 0 radical (unpaired) electrons. The number of benzene rings is 1. The van der Waals surface area contributed by atoms with Crippen LogP contribution in [0.5, 0.6) is 11.5 Å². The second-order valence-electron chi connectivity index (χ2n) is 6.43. The minimum Gasteiger partial charge on any atom is -0.481 e. The average molecular weight is 359 g/mol. The smallest absolute Gasteiger partial charge is 0.354 e. The van der Waals surface area contributed by atoms with Gasteiger partial charge in [-0.15, -0.1) is 0 Å². The third-order valence-electron chi connectivity index (χ3n) is 4.86. The lowest BCUT2D eigenvalue weighted by atomic mass is 9.89. The van der Waals surface area contributed by atoms with Gasteiger partial charge < -0.3 is 19.7 Å². The molecule has 1 saturated heterocycles. The highest BCUT2D eigenvalue weighted by atomic mass is 16.7. The number of likely N-dealkylation sites (tertiary alicyclic amines) is 1. The summed E-state index contributed by atoms with van der Waals surface area (Å²) in [5.41, 5.74) is 1.44. The molecule has 0 amide bonds. The Balaban J connectivity index is 1.56. The van der Waals surface area contributed by atoms with Crippen LogP contribution >= 0.6 is 0 Å². The first-order chi connectivity index (χ1) is 12.5. The molecule has 9 heteroatoms. The molecule has 0 aliphatic carbocycles. The molecule has 2 aliphatic rings. The number of hydrogen-bond donors (Lipinski definition) is 3. The summed E-state index contributed by atoms with van der Waals surface area (Å²) in [6.45, 7) is 1.32. The highest BCUT2D eigenvalue weighted by Gasteiger charge is 2.39. The quantitative estimate of drug-likeness (QED) is 0.726. The highest BCUT2D eigenvalue weighted by Crippen LogP contribution is 2.39. The highest BCUT2D eigenvalue weighted by molar-refractivity contribution is 5.86. The van der Waals surface area contributed by atoms with E-state index in [1.807, 2.05) is 17.0 Å². The van der Waals surface area contributed by atoms with Crippen molar-refractivity contribution in [3.05, 3.63) is 41.2 Å². The van der Waals surface area contributed by atoms with Gasteiger partial charge in [0.2, 0.25) is 6.79 Å². The number of aromatic nitrogens is 2. The zero-order valence-corrected chi connectivity index (χ0v) is 13.7. The van der Waals surface area contributed by atoms with Crippen molar-refractivity contribution >= 4 is 11.9 Å². The van der Waals surface area contributed by atoms with Gasteiger partial charge in [-0.25, -0.2) is 4.79 Å². The van der Waals surface area contributed by atoms with Gasteiger partial charge in [0.1, 0.15) is 5.69 Å². The zero-order valence-electron chi connectivity index (χ0n) is 13.7. The van der Waals surface area contributed by atoms with Crippen LogP contribution in [0.3, 0.4) is 0 Å². The first-order valence-electron chi connectivity index (χ1n) is 8.13. The van der Waals surface area contributed by atoms with Crippen molar-refractivity contribution in [3.8, 4) is 11.5 Å². The molecule has 136 valence electrons. The molecule has 2 aromatic rings. The molecule has 2 aliphatic heterocycles. The fourth-order valence-electron chi connectivity index (χ4n) is 3.60. The van der Waals surface area contributed by atoms with Gasteiger partial charge in [0.15, 0.2) is 11.5 Å². The number of carboxylic acid groups (broad SMARTS) is 2. The number of aliphatic carboxylic acids is 1.